The highest BCUT2D eigenvalue weighted by Crippen LogP contribution is 2.31. The predicted octanol–water partition coefficient (Wildman–Crippen LogP) is 0.905. The van der Waals surface area contributed by atoms with Gasteiger partial charge in [0.15, 0.2) is 5.82 Å². The van der Waals surface area contributed by atoms with Crippen molar-refractivity contribution in [1.82, 2.24) is 10.3 Å². The number of hydrogen-bond acceptors (Lipinski definition) is 6. The van der Waals surface area contributed by atoms with Crippen LogP contribution in [0.1, 0.15) is 20.8 Å². The maximum absolute atomic E-state index is 8.78. The number of pyridine rings is 1. The molecule has 7 N–H and O–H groups in total. The molecule has 8 heteroatoms. The minimum Gasteiger partial charge on any atom is -0.465 e. The normalized spacial score (nSPS) is 14.6. The van der Waals surface area contributed by atoms with Crippen LogP contribution in [0, 0.1) is 0 Å². The van der Waals surface area contributed by atoms with Gasteiger partial charge < -0.3 is 32.1 Å². The fourth-order valence-corrected chi connectivity index (χ4v) is 2.32. The van der Waals surface area contributed by atoms with Gasteiger partial charge >= 0.3 is 6.09 Å². The number of rotatable bonds is 3. The molecule has 2 rings (SSSR count). The van der Waals surface area contributed by atoms with Crippen LogP contribution in [0.15, 0.2) is 12.3 Å². The van der Waals surface area contributed by atoms with Gasteiger partial charge in [0.25, 0.3) is 0 Å². The van der Waals surface area contributed by atoms with Crippen LogP contribution in [0.25, 0.3) is 0 Å². The van der Waals surface area contributed by atoms with Crippen LogP contribution in [-0.4, -0.2) is 47.9 Å². The number of nitrogens with zero attached hydrogens (tertiary/aromatic N) is 2. The van der Waals surface area contributed by atoms with E-state index in [0.29, 0.717) is 6.04 Å². The SMILES string of the molecule is CNc1nccc(N2CC(NC(C)(C)C)C2)c1N.NC(=O)O. The van der Waals surface area contributed by atoms with Gasteiger partial charge in [-0.2, -0.15) is 0 Å². The van der Waals surface area contributed by atoms with Crippen molar-refractivity contribution in [3.05, 3.63) is 12.3 Å². The minimum absolute atomic E-state index is 0.163. The average molecular weight is 310 g/mol. The van der Waals surface area contributed by atoms with Crippen molar-refractivity contribution >= 4 is 23.3 Å². The first kappa shape index (κ1) is 17.8. The van der Waals surface area contributed by atoms with E-state index in [1.54, 1.807) is 6.20 Å². The first-order valence-corrected chi connectivity index (χ1v) is 7.07. The third-order valence-electron chi connectivity index (χ3n) is 3.06. The van der Waals surface area contributed by atoms with Crippen LogP contribution >= 0.6 is 0 Å². The second-order valence-corrected chi connectivity index (χ2v) is 6.18. The van der Waals surface area contributed by atoms with Crippen LogP contribution in [0.5, 0.6) is 0 Å². The molecule has 0 unspecified atom stereocenters. The average Bonchev–Trinajstić information content (AvgIpc) is 2.32. The van der Waals surface area contributed by atoms with E-state index in [1.807, 2.05) is 13.1 Å². The smallest absolute Gasteiger partial charge is 0.402 e. The molecule has 8 nitrogen and oxygen atoms in total. The van der Waals surface area contributed by atoms with Crippen LogP contribution in [0.3, 0.4) is 0 Å². The summed E-state index contributed by atoms with van der Waals surface area (Å²) in [6.45, 7) is 8.56. The maximum Gasteiger partial charge on any atom is 0.402 e. The molecule has 1 aliphatic heterocycles. The van der Waals surface area contributed by atoms with E-state index >= 15 is 0 Å². The molecular formula is C14H26N6O2. The Balaban J connectivity index is 0.000000541. The summed E-state index contributed by atoms with van der Waals surface area (Å²) in [6, 6.07) is 2.51. The summed E-state index contributed by atoms with van der Waals surface area (Å²) in [5, 5.41) is 13.8. The van der Waals surface area contributed by atoms with E-state index < -0.39 is 6.09 Å². The van der Waals surface area contributed by atoms with E-state index in [1.165, 1.54) is 0 Å². The highest BCUT2D eigenvalue weighted by molar-refractivity contribution is 5.78. The summed E-state index contributed by atoms with van der Waals surface area (Å²) in [4.78, 5) is 15.3. The summed E-state index contributed by atoms with van der Waals surface area (Å²) in [7, 11) is 1.84. The van der Waals surface area contributed by atoms with Crippen LogP contribution in [0.4, 0.5) is 22.0 Å². The lowest BCUT2D eigenvalue weighted by molar-refractivity contribution is 0.205. The van der Waals surface area contributed by atoms with Crippen molar-refractivity contribution < 1.29 is 9.90 Å². The monoisotopic (exact) mass is 310 g/mol. The number of aromatic nitrogens is 1. The topological polar surface area (TPSA) is 130 Å². The van der Waals surface area contributed by atoms with E-state index in [0.717, 1.165) is 30.3 Å². The standard InChI is InChI=1S/C13H23N5.CH3NO2/c1-13(2,3)17-9-7-18(8-9)10-5-6-16-12(15-4)11(10)14;2-1(3)4/h5-6,9,17H,7-8,14H2,1-4H3,(H,15,16);2H2,(H,3,4). The fraction of sp³-hybridized carbons (Fsp3) is 0.571. The second kappa shape index (κ2) is 7.17. The fourth-order valence-electron chi connectivity index (χ4n) is 2.32. The number of nitrogens with two attached hydrogens (primary N) is 2. The molecule has 0 atom stereocenters. The van der Waals surface area contributed by atoms with Crippen molar-refractivity contribution in [1.29, 1.82) is 0 Å². The molecule has 1 aromatic heterocycles. The molecule has 2 heterocycles. The number of nitrogens with one attached hydrogen (secondary N) is 2. The molecule has 0 spiro atoms. The number of carbonyl (C=O) groups is 1. The number of hydrogen-bond donors (Lipinski definition) is 5. The lowest BCUT2D eigenvalue weighted by Crippen LogP contribution is -2.62. The maximum atomic E-state index is 8.78. The third-order valence-corrected chi connectivity index (χ3v) is 3.06. The number of nitrogen functional groups attached to an aromatic ring is 1. The Kier molecular flexibility index (Phi) is 5.81. The molecule has 1 saturated heterocycles. The highest BCUT2D eigenvalue weighted by Gasteiger charge is 2.31. The van der Waals surface area contributed by atoms with Gasteiger partial charge in [0.1, 0.15) is 0 Å². The summed E-state index contributed by atoms with van der Waals surface area (Å²) >= 11 is 0. The summed E-state index contributed by atoms with van der Waals surface area (Å²) in [6.07, 6.45) is 0.460. The van der Waals surface area contributed by atoms with E-state index in [-0.39, 0.29) is 5.54 Å². The molecule has 0 aliphatic carbocycles. The Morgan fingerprint density at radius 2 is 2.00 bits per heavy atom. The van der Waals surface area contributed by atoms with Gasteiger partial charge in [0.05, 0.1) is 11.4 Å². The Labute approximate surface area is 130 Å². The number of anilines is 3. The van der Waals surface area contributed by atoms with E-state index in [2.05, 4.69) is 47.0 Å². The Morgan fingerprint density at radius 3 is 2.45 bits per heavy atom. The Bertz CT molecular complexity index is 505. The molecule has 0 bridgehead atoms. The molecule has 1 aromatic rings. The zero-order valence-electron chi connectivity index (χ0n) is 13.6. The molecular weight excluding hydrogens is 284 g/mol. The minimum atomic E-state index is -1.33. The number of carboxylic acid groups (broad SMARTS) is 1. The second-order valence-electron chi connectivity index (χ2n) is 6.18. The predicted molar refractivity (Wildman–Crippen MR) is 89.3 cm³/mol. The largest absolute Gasteiger partial charge is 0.465 e. The first-order chi connectivity index (χ1) is 10.1. The molecule has 22 heavy (non-hydrogen) atoms. The molecule has 1 amide bonds. The van der Waals surface area contributed by atoms with Crippen LogP contribution in [-0.2, 0) is 0 Å². The molecule has 124 valence electrons. The molecule has 0 saturated carbocycles. The summed E-state index contributed by atoms with van der Waals surface area (Å²) in [5.41, 5.74) is 12.1. The third kappa shape index (κ3) is 5.28. The van der Waals surface area contributed by atoms with E-state index in [4.69, 9.17) is 15.6 Å². The van der Waals surface area contributed by atoms with Gasteiger partial charge in [-0.15, -0.1) is 0 Å². The highest BCUT2D eigenvalue weighted by atomic mass is 16.4. The molecule has 1 aliphatic rings. The molecule has 1 fully saturated rings. The lowest BCUT2D eigenvalue weighted by Gasteiger charge is -2.44. The summed E-state index contributed by atoms with van der Waals surface area (Å²) in [5.74, 6) is 0.750. The quantitative estimate of drug-likeness (QED) is 0.561. The first-order valence-electron chi connectivity index (χ1n) is 7.07. The van der Waals surface area contributed by atoms with Crippen molar-refractivity contribution in [3.8, 4) is 0 Å². The van der Waals surface area contributed by atoms with Gasteiger partial charge in [-0.1, -0.05) is 0 Å². The van der Waals surface area contributed by atoms with Gasteiger partial charge in [0.2, 0.25) is 0 Å². The molecule has 0 aromatic carbocycles. The van der Waals surface area contributed by atoms with Crippen molar-refractivity contribution in [2.24, 2.45) is 5.73 Å². The molecule has 0 radical (unpaired) electrons. The zero-order chi connectivity index (χ0) is 16.9. The van der Waals surface area contributed by atoms with Crippen LogP contribution < -0.4 is 27.0 Å². The summed E-state index contributed by atoms with van der Waals surface area (Å²) < 4.78 is 0. The van der Waals surface area contributed by atoms with Gasteiger partial charge in [-0.05, 0) is 26.8 Å². The van der Waals surface area contributed by atoms with Crippen molar-refractivity contribution in [2.75, 3.05) is 36.1 Å². The number of primary amides is 1. The van der Waals surface area contributed by atoms with E-state index in [9.17, 15) is 0 Å². The van der Waals surface area contributed by atoms with Gasteiger partial charge in [0, 0.05) is 37.9 Å². The Morgan fingerprint density at radius 1 is 1.45 bits per heavy atom. The van der Waals surface area contributed by atoms with Gasteiger partial charge in [-0.3, -0.25) is 0 Å². The number of amides is 1. The van der Waals surface area contributed by atoms with Gasteiger partial charge in [-0.25, -0.2) is 9.78 Å². The zero-order valence-corrected chi connectivity index (χ0v) is 13.6. The van der Waals surface area contributed by atoms with Crippen LogP contribution in [0.2, 0.25) is 0 Å². The van der Waals surface area contributed by atoms with Crippen molar-refractivity contribution in [3.63, 3.8) is 0 Å². The van der Waals surface area contributed by atoms with Crippen molar-refractivity contribution in [2.45, 2.75) is 32.4 Å². The Hall–Kier alpha value is -2.22. The lowest BCUT2D eigenvalue weighted by atomic mass is 10.0.